The van der Waals surface area contributed by atoms with Crippen LogP contribution in [0, 0.1) is 0 Å². The molecule has 0 saturated carbocycles. The van der Waals surface area contributed by atoms with E-state index < -0.39 is 0 Å². The summed E-state index contributed by atoms with van der Waals surface area (Å²) in [4.78, 5) is 14.9. The van der Waals surface area contributed by atoms with E-state index in [2.05, 4.69) is 22.3 Å². The Morgan fingerprint density at radius 3 is 3.00 bits per heavy atom. The lowest BCUT2D eigenvalue weighted by molar-refractivity contribution is -0.118. The zero-order valence-corrected chi connectivity index (χ0v) is 17.4. The molecule has 6 heteroatoms. The van der Waals surface area contributed by atoms with Crippen molar-refractivity contribution in [1.29, 1.82) is 0 Å². The Kier molecular flexibility index (Phi) is 5.92. The fourth-order valence-electron chi connectivity index (χ4n) is 4.65. The molecule has 6 nitrogen and oxygen atoms in total. The second kappa shape index (κ2) is 8.59. The van der Waals surface area contributed by atoms with Crippen LogP contribution < -0.4 is 10.1 Å². The van der Waals surface area contributed by atoms with Crippen LogP contribution in [0.4, 0.5) is 0 Å². The van der Waals surface area contributed by atoms with Crippen molar-refractivity contribution in [3.63, 3.8) is 0 Å². The van der Waals surface area contributed by atoms with Gasteiger partial charge in [-0.1, -0.05) is 12.1 Å². The van der Waals surface area contributed by atoms with E-state index in [1.807, 2.05) is 42.1 Å². The highest BCUT2D eigenvalue weighted by Crippen LogP contribution is 2.37. The Bertz CT molecular complexity index is 849. The third-order valence-corrected chi connectivity index (χ3v) is 6.18. The standard InChI is InChI=1S/C23H31N3O3/c1-25-12-5-9-21(25)22(27)24-15-20-8-4-10-23(29-20)11-13-26(17-23)16-18-6-3-7-19(14-18)28-2/h3,5-7,9,12,14,20H,4,8,10-11,13,15-17H2,1-2H3,(H,24,27)/t20-,23-/m1/s1. The number of carbonyl (C=O) groups is 1. The lowest BCUT2D eigenvalue weighted by atomic mass is 9.90. The molecule has 29 heavy (non-hydrogen) atoms. The first-order valence-corrected chi connectivity index (χ1v) is 10.5. The third kappa shape index (κ3) is 4.65. The average molecular weight is 398 g/mol. The quantitative estimate of drug-likeness (QED) is 0.814. The van der Waals surface area contributed by atoms with Crippen LogP contribution in [0.15, 0.2) is 42.6 Å². The minimum Gasteiger partial charge on any atom is -0.497 e. The number of likely N-dealkylation sites (tertiary alicyclic amines) is 1. The molecule has 156 valence electrons. The first kappa shape index (κ1) is 20.0. The van der Waals surface area contributed by atoms with E-state index in [0.29, 0.717) is 12.2 Å². The molecule has 0 radical (unpaired) electrons. The van der Waals surface area contributed by atoms with Crippen LogP contribution in [-0.2, 0) is 18.3 Å². The summed E-state index contributed by atoms with van der Waals surface area (Å²) in [7, 11) is 3.59. The van der Waals surface area contributed by atoms with E-state index in [-0.39, 0.29) is 17.6 Å². The third-order valence-electron chi connectivity index (χ3n) is 6.18. The first-order valence-electron chi connectivity index (χ1n) is 10.5. The van der Waals surface area contributed by atoms with Crippen LogP contribution in [-0.4, -0.2) is 53.8 Å². The van der Waals surface area contributed by atoms with Crippen molar-refractivity contribution < 1.29 is 14.3 Å². The van der Waals surface area contributed by atoms with Crippen LogP contribution in [0.1, 0.15) is 41.7 Å². The van der Waals surface area contributed by atoms with E-state index in [4.69, 9.17) is 9.47 Å². The number of amides is 1. The van der Waals surface area contributed by atoms with Gasteiger partial charge in [0.15, 0.2) is 0 Å². The highest BCUT2D eigenvalue weighted by Gasteiger charge is 2.42. The molecule has 1 spiro atoms. The summed E-state index contributed by atoms with van der Waals surface area (Å²) in [5, 5.41) is 3.05. The van der Waals surface area contributed by atoms with Gasteiger partial charge in [0, 0.05) is 39.4 Å². The Hall–Kier alpha value is -2.31. The molecule has 1 aromatic carbocycles. The van der Waals surface area contributed by atoms with Crippen LogP contribution in [0.2, 0.25) is 0 Å². The van der Waals surface area contributed by atoms with E-state index in [0.717, 1.165) is 51.1 Å². The van der Waals surface area contributed by atoms with E-state index in [1.54, 1.807) is 7.11 Å². The van der Waals surface area contributed by atoms with Gasteiger partial charge in [0.05, 0.1) is 18.8 Å². The number of benzene rings is 1. The number of hydrogen-bond donors (Lipinski definition) is 1. The van der Waals surface area contributed by atoms with Gasteiger partial charge < -0.3 is 19.4 Å². The van der Waals surface area contributed by atoms with Crippen molar-refractivity contribution in [3.8, 4) is 5.75 Å². The Morgan fingerprint density at radius 1 is 1.31 bits per heavy atom. The number of ether oxygens (including phenoxy) is 2. The van der Waals surface area contributed by atoms with E-state index in [1.165, 1.54) is 5.56 Å². The van der Waals surface area contributed by atoms with Gasteiger partial charge in [-0.2, -0.15) is 0 Å². The molecule has 2 aliphatic heterocycles. The van der Waals surface area contributed by atoms with Gasteiger partial charge in [0.2, 0.25) is 0 Å². The highest BCUT2D eigenvalue weighted by molar-refractivity contribution is 5.92. The second-order valence-corrected chi connectivity index (χ2v) is 8.34. The number of methoxy groups -OCH3 is 1. The van der Waals surface area contributed by atoms with Gasteiger partial charge >= 0.3 is 0 Å². The van der Waals surface area contributed by atoms with E-state index in [9.17, 15) is 4.79 Å². The molecule has 1 N–H and O–H groups in total. The van der Waals surface area contributed by atoms with Crippen molar-refractivity contribution in [2.75, 3.05) is 26.7 Å². The maximum Gasteiger partial charge on any atom is 0.267 e. The Morgan fingerprint density at radius 2 is 2.21 bits per heavy atom. The zero-order valence-electron chi connectivity index (χ0n) is 17.4. The number of carbonyl (C=O) groups excluding carboxylic acids is 1. The second-order valence-electron chi connectivity index (χ2n) is 8.34. The predicted octanol–water partition coefficient (Wildman–Crippen LogP) is 2.98. The van der Waals surface area contributed by atoms with Crippen LogP contribution in [0.25, 0.3) is 0 Å². The van der Waals surface area contributed by atoms with Gasteiger partial charge in [-0.3, -0.25) is 9.69 Å². The molecular formula is C23H31N3O3. The smallest absolute Gasteiger partial charge is 0.267 e. The number of aryl methyl sites for hydroxylation is 1. The summed E-state index contributed by atoms with van der Waals surface area (Å²) in [6.45, 7) is 3.48. The predicted molar refractivity (Wildman–Crippen MR) is 112 cm³/mol. The molecule has 4 rings (SSSR count). The molecule has 0 aliphatic carbocycles. The number of hydrogen-bond acceptors (Lipinski definition) is 4. The minimum absolute atomic E-state index is 0.0354. The van der Waals surface area contributed by atoms with Crippen LogP contribution >= 0.6 is 0 Å². The maximum atomic E-state index is 12.4. The molecule has 2 saturated heterocycles. The van der Waals surface area contributed by atoms with Crippen molar-refractivity contribution in [3.05, 3.63) is 53.9 Å². The summed E-state index contributed by atoms with van der Waals surface area (Å²) in [5.41, 5.74) is 1.88. The van der Waals surface area contributed by atoms with Gasteiger partial charge in [-0.25, -0.2) is 0 Å². The van der Waals surface area contributed by atoms with Crippen molar-refractivity contribution >= 4 is 5.91 Å². The van der Waals surface area contributed by atoms with Crippen molar-refractivity contribution in [2.45, 2.75) is 43.9 Å². The fraction of sp³-hybridized carbons (Fsp3) is 0.522. The van der Waals surface area contributed by atoms with Gasteiger partial charge in [0.25, 0.3) is 5.91 Å². The summed E-state index contributed by atoms with van der Waals surface area (Å²) in [6, 6.07) is 12.0. The van der Waals surface area contributed by atoms with Gasteiger partial charge in [-0.05, 0) is 55.5 Å². The van der Waals surface area contributed by atoms with E-state index >= 15 is 0 Å². The number of nitrogens with zero attached hydrogens (tertiary/aromatic N) is 2. The summed E-state index contributed by atoms with van der Waals surface area (Å²) >= 11 is 0. The number of aromatic nitrogens is 1. The largest absolute Gasteiger partial charge is 0.497 e. The topological polar surface area (TPSA) is 55.7 Å². The SMILES string of the molecule is COc1cccc(CN2CC[C@]3(CCC[C@H](CNC(=O)c4cccn4C)O3)C2)c1. The summed E-state index contributed by atoms with van der Waals surface area (Å²) in [5.74, 6) is 0.867. The molecule has 2 atom stereocenters. The van der Waals surface area contributed by atoms with Crippen LogP contribution in [0.3, 0.4) is 0 Å². The molecule has 2 aromatic rings. The zero-order chi connectivity index (χ0) is 20.3. The first-order chi connectivity index (χ1) is 14.1. The van der Waals surface area contributed by atoms with Gasteiger partial charge in [0.1, 0.15) is 11.4 Å². The maximum absolute atomic E-state index is 12.4. The molecule has 2 fully saturated rings. The highest BCUT2D eigenvalue weighted by atomic mass is 16.5. The van der Waals surface area contributed by atoms with Crippen molar-refractivity contribution in [1.82, 2.24) is 14.8 Å². The molecule has 0 unspecified atom stereocenters. The Balaban J connectivity index is 1.31. The minimum atomic E-state index is -0.0719. The Labute approximate surface area is 172 Å². The average Bonchev–Trinajstić information content (AvgIpc) is 3.32. The molecule has 2 aliphatic rings. The summed E-state index contributed by atoms with van der Waals surface area (Å²) in [6.07, 6.45) is 6.28. The lowest BCUT2D eigenvalue weighted by Gasteiger charge is -2.39. The fourth-order valence-corrected chi connectivity index (χ4v) is 4.65. The monoisotopic (exact) mass is 397 g/mol. The number of rotatable bonds is 6. The van der Waals surface area contributed by atoms with Crippen LogP contribution in [0.5, 0.6) is 5.75 Å². The van der Waals surface area contributed by atoms with Gasteiger partial charge in [-0.15, -0.1) is 0 Å². The molecule has 1 aromatic heterocycles. The van der Waals surface area contributed by atoms with Crippen molar-refractivity contribution in [2.24, 2.45) is 7.05 Å². The molecular weight excluding hydrogens is 366 g/mol. The lowest BCUT2D eigenvalue weighted by Crippen LogP contribution is -2.46. The summed E-state index contributed by atoms with van der Waals surface area (Å²) < 4.78 is 13.7. The molecule has 3 heterocycles. The number of nitrogens with one attached hydrogen (secondary N) is 1. The molecule has 0 bridgehead atoms. The molecule has 1 amide bonds. The normalized spacial score (nSPS) is 24.7.